The van der Waals surface area contributed by atoms with Crippen LogP contribution < -0.4 is 4.72 Å². The number of hydrogen-bond acceptors (Lipinski definition) is 3. The van der Waals surface area contributed by atoms with Gasteiger partial charge >= 0.3 is 6.18 Å². The molecule has 8 heteroatoms. The molecule has 0 saturated heterocycles. The number of hydrogen-bond donors (Lipinski definition) is 2. The molecule has 0 heterocycles. The minimum Gasteiger partial charge on any atom is -0.395 e. The van der Waals surface area contributed by atoms with Gasteiger partial charge in [-0.25, -0.2) is 13.1 Å². The van der Waals surface area contributed by atoms with Crippen LogP contribution in [0.25, 0.3) is 11.1 Å². The largest absolute Gasteiger partial charge is 0.416 e. The molecule has 0 unspecified atom stereocenters. The predicted molar refractivity (Wildman–Crippen MR) is 79.2 cm³/mol. The maximum absolute atomic E-state index is 12.7. The highest BCUT2D eigenvalue weighted by Crippen LogP contribution is 2.32. The molecule has 124 valence electrons. The molecular weight excluding hydrogens is 331 g/mol. The summed E-state index contributed by atoms with van der Waals surface area (Å²) in [4.78, 5) is -0.0262. The Morgan fingerprint density at radius 3 is 2.22 bits per heavy atom. The molecule has 0 aliphatic rings. The van der Waals surface area contributed by atoms with Gasteiger partial charge in [0.1, 0.15) is 0 Å². The van der Waals surface area contributed by atoms with Gasteiger partial charge in [-0.3, -0.25) is 0 Å². The second-order valence-corrected chi connectivity index (χ2v) is 6.49. The van der Waals surface area contributed by atoms with Gasteiger partial charge in [0.2, 0.25) is 10.0 Å². The third kappa shape index (κ3) is 4.31. The fourth-order valence-corrected chi connectivity index (χ4v) is 2.99. The number of sulfonamides is 1. The minimum absolute atomic E-state index is 0.0262. The van der Waals surface area contributed by atoms with Gasteiger partial charge in [0, 0.05) is 6.54 Å². The molecule has 2 aromatic carbocycles. The van der Waals surface area contributed by atoms with Gasteiger partial charge in [0.05, 0.1) is 17.1 Å². The molecule has 0 aliphatic carbocycles. The number of benzene rings is 2. The van der Waals surface area contributed by atoms with Crippen molar-refractivity contribution in [1.29, 1.82) is 0 Å². The standard InChI is InChI=1S/C15H14F3NO3S/c16-15(17,18)13-3-1-2-12(10-13)11-4-6-14(7-5-11)23(21,22)19-8-9-20/h1-7,10,19-20H,8-9H2. The summed E-state index contributed by atoms with van der Waals surface area (Å²) in [7, 11) is -3.74. The molecule has 4 nitrogen and oxygen atoms in total. The van der Waals surface area contributed by atoms with Crippen LogP contribution in [0.4, 0.5) is 13.2 Å². The Morgan fingerprint density at radius 2 is 1.65 bits per heavy atom. The lowest BCUT2D eigenvalue weighted by Gasteiger charge is -2.10. The molecule has 2 N–H and O–H groups in total. The van der Waals surface area contributed by atoms with Crippen molar-refractivity contribution in [3.05, 3.63) is 54.1 Å². The maximum atomic E-state index is 12.7. The molecule has 0 radical (unpaired) electrons. The molecule has 2 rings (SSSR count). The van der Waals surface area contributed by atoms with E-state index in [0.717, 1.165) is 12.1 Å². The Kier molecular flexibility index (Phi) is 5.08. The summed E-state index contributed by atoms with van der Waals surface area (Å²) in [5.41, 5.74) is 0.0422. The molecule has 0 aromatic heterocycles. The van der Waals surface area contributed by atoms with Crippen LogP contribution in [0.1, 0.15) is 5.56 Å². The first-order chi connectivity index (χ1) is 10.7. The van der Waals surface area contributed by atoms with Crippen LogP contribution in [0, 0.1) is 0 Å². The van der Waals surface area contributed by atoms with E-state index in [1.807, 2.05) is 0 Å². The van der Waals surface area contributed by atoms with Crippen molar-refractivity contribution >= 4 is 10.0 Å². The van der Waals surface area contributed by atoms with E-state index in [0.29, 0.717) is 11.1 Å². The van der Waals surface area contributed by atoms with Crippen LogP contribution in [0.15, 0.2) is 53.4 Å². The summed E-state index contributed by atoms with van der Waals surface area (Å²) in [6.45, 7) is -0.445. The van der Waals surface area contributed by atoms with E-state index in [1.165, 1.54) is 36.4 Å². The van der Waals surface area contributed by atoms with Gasteiger partial charge in [-0.2, -0.15) is 13.2 Å². The molecule has 0 atom stereocenters. The van der Waals surface area contributed by atoms with Crippen LogP contribution in [-0.2, 0) is 16.2 Å². The number of nitrogens with one attached hydrogen (secondary N) is 1. The fraction of sp³-hybridized carbons (Fsp3) is 0.200. The molecular formula is C15H14F3NO3S. The smallest absolute Gasteiger partial charge is 0.395 e. The predicted octanol–water partition coefficient (Wildman–Crippen LogP) is 2.64. The molecule has 0 saturated carbocycles. The molecule has 0 amide bonds. The summed E-state index contributed by atoms with van der Waals surface area (Å²) >= 11 is 0. The summed E-state index contributed by atoms with van der Waals surface area (Å²) in [6.07, 6.45) is -4.44. The first kappa shape index (κ1) is 17.5. The molecule has 0 bridgehead atoms. The van der Waals surface area contributed by atoms with Gasteiger partial charge in [0.25, 0.3) is 0 Å². The van der Waals surface area contributed by atoms with E-state index < -0.39 is 21.8 Å². The SMILES string of the molecule is O=S(=O)(NCCO)c1ccc(-c2cccc(C(F)(F)F)c2)cc1. The quantitative estimate of drug-likeness (QED) is 0.875. The summed E-state index contributed by atoms with van der Waals surface area (Å²) < 4.78 is 64.0. The van der Waals surface area contributed by atoms with Crippen molar-refractivity contribution in [1.82, 2.24) is 4.72 Å². The van der Waals surface area contributed by atoms with Gasteiger partial charge in [-0.05, 0) is 35.4 Å². The van der Waals surface area contributed by atoms with Crippen molar-refractivity contribution in [2.24, 2.45) is 0 Å². The van der Waals surface area contributed by atoms with Crippen molar-refractivity contribution in [2.45, 2.75) is 11.1 Å². The van der Waals surface area contributed by atoms with E-state index in [4.69, 9.17) is 5.11 Å². The Labute approximate surface area is 131 Å². The van der Waals surface area contributed by atoms with Crippen molar-refractivity contribution in [3.63, 3.8) is 0 Å². The Balaban J connectivity index is 2.30. The van der Waals surface area contributed by atoms with E-state index in [1.54, 1.807) is 0 Å². The van der Waals surface area contributed by atoms with Gasteiger partial charge in [-0.15, -0.1) is 0 Å². The highest BCUT2D eigenvalue weighted by Gasteiger charge is 2.30. The molecule has 0 spiro atoms. The minimum atomic E-state index is -4.44. The van der Waals surface area contributed by atoms with Gasteiger partial charge in [0.15, 0.2) is 0 Å². The first-order valence-corrected chi connectivity index (χ1v) is 8.10. The van der Waals surface area contributed by atoms with Crippen molar-refractivity contribution < 1.29 is 26.7 Å². The molecule has 0 aliphatic heterocycles. The van der Waals surface area contributed by atoms with Crippen LogP contribution in [0.3, 0.4) is 0 Å². The van der Waals surface area contributed by atoms with Crippen LogP contribution in [0.2, 0.25) is 0 Å². The Morgan fingerprint density at radius 1 is 1.00 bits per heavy atom. The monoisotopic (exact) mass is 345 g/mol. The molecule has 0 fully saturated rings. The van der Waals surface area contributed by atoms with E-state index >= 15 is 0 Å². The van der Waals surface area contributed by atoms with E-state index in [9.17, 15) is 21.6 Å². The fourth-order valence-electron chi connectivity index (χ4n) is 1.96. The summed E-state index contributed by atoms with van der Waals surface area (Å²) in [5, 5.41) is 8.64. The molecule has 2 aromatic rings. The highest BCUT2D eigenvalue weighted by molar-refractivity contribution is 7.89. The summed E-state index contributed by atoms with van der Waals surface area (Å²) in [5.74, 6) is 0. The zero-order chi connectivity index (χ0) is 17.1. The zero-order valence-corrected chi connectivity index (χ0v) is 12.7. The lowest BCUT2D eigenvalue weighted by molar-refractivity contribution is -0.137. The van der Waals surface area contributed by atoms with E-state index in [-0.39, 0.29) is 18.0 Å². The lowest BCUT2D eigenvalue weighted by atomic mass is 10.0. The maximum Gasteiger partial charge on any atom is 0.416 e. The second kappa shape index (κ2) is 6.69. The lowest BCUT2D eigenvalue weighted by Crippen LogP contribution is -2.26. The Hall–Kier alpha value is -1.90. The Bertz CT molecular complexity index is 771. The van der Waals surface area contributed by atoms with Gasteiger partial charge in [-0.1, -0.05) is 24.3 Å². The van der Waals surface area contributed by atoms with Crippen molar-refractivity contribution in [3.8, 4) is 11.1 Å². The van der Waals surface area contributed by atoms with Crippen molar-refractivity contribution in [2.75, 3.05) is 13.2 Å². The molecule has 23 heavy (non-hydrogen) atoms. The zero-order valence-electron chi connectivity index (χ0n) is 11.8. The second-order valence-electron chi connectivity index (χ2n) is 4.72. The van der Waals surface area contributed by atoms with Crippen LogP contribution in [-0.4, -0.2) is 26.7 Å². The number of alkyl halides is 3. The van der Waals surface area contributed by atoms with Crippen LogP contribution in [0.5, 0.6) is 0 Å². The number of rotatable bonds is 5. The first-order valence-electron chi connectivity index (χ1n) is 6.62. The normalized spacial score (nSPS) is 12.3. The number of aliphatic hydroxyl groups excluding tert-OH is 1. The third-order valence-electron chi connectivity index (χ3n) is 3.09. The number of aliphatic hydroxyl groups is 1. The van der Waals surface area contributed by atoms with Crippen LogP contribution >= 0.6 is 0 Å². The topological polar surface area (TPSA) is 66.4 Å². The number of halogens is 3. The highest BCUT2D eigenvalue weighted by atomic mass is 32.2. The average Bonchev–Trinajstić information content (AvgIpc) is 2.52. The average molecular weight is 345 g/mol. The summed E-state index contributed by atoms with van der Waals surface area (Å²) in [6, 6.07) is 10.3. The van der Waals surface area contributed by atoms with Gasteiger partial charge < -0.3 is 5.11 Å². The third-order valence-corrected chi connectivity index (χ3v) is 4.57. The van der Waals surface area contributed by atoms with E-state index in [2.05, 4.69) is 4.72 Å².